The molecule has 9 nitrogen and oxygen atoms in total. The van der Waals surface area contributed by atoms with Crippen LogP contribution in [0.1, 0.15) is 303 Å². The lowest BCUT2D eigenvalue weighted by Gasteiger charge is -2.27. The Balaban J connectivity index is 5.06. The molecule has 0 aromatic carbocycles. The Morgan fingerprint density at radius 3 is 1.15 bits per heavy atom. The first-order valence-electron chi connectivity index (χ1n) is 35.2. The van der Waals surface area contributed by atoms with Gasteiger partial charge in [-0.3, -0.25) is 18.6 Å². The summed E-state index contributed by atoms with van der Waals surface area (Å²) in [6.07, 6.45) is 88.1. The molecule has 490 valence electrons. The van der Waals surface area contributed by atoms with Gasteiger partial charge in [-0.2, -0.15) is 0 Å². The predicted octanol–water partition coefficient (Wildman–Crippen LogP) is 22.5. The molecule has 0 aliphatic rings. The number of quaternary nitrogens is 1. The molecule has 85 heavy (non-hydrogen) atoms. The number of amides is 1. The first-order chi connectivity index (χ1) is 41.4. The quantitative estimate of drug-likeness (QED) is 0.0205. The minimum absolute atomic E-state index is 0.0337. The van der Waals surface area contributed by atoms with Crippen molar-refractivity contribution < 1.29 is 37.3 Å². The Hall–Kier alpha value is -3.33. The number of phosphoric acid groups is 1. The van der Waals surface area contributed by atoms with Gasteiger partial charge in [0.1, 0.15) is 19.3 Å². The number of allylic oxidation sites excluding steroid dienone is 17. The summed E-state index contributed by atoms with van der Waals surface area (Å²) >= 11 is 0. The van der Waals surface area contributed by atoms with Gasteiger partial charge in [0.2, 0.25) is 5.91 Å². The molecule has 0 fully saturated rings. The van der Waals surface area contributed by atoms with Crippen molar-refractivity contribution in [2.75, 3.05) is 40.9 Å². The minimum atomic E-state index is -4.46. The fourth-order valence-corrected chi connectivity index (χ4v) is 10.5. The van der Waals surface area contributed by atoms with Gasteiger partial charge in [0, 0.05) is 12.8 Å². The summed E-state index contributed by atoms with van der Waals surface area (Å²) < 4.78 is 30.8. The molecule has 3 atom stereocenters. The maximum absolute atomic E-state index is 13.6. The Kier molecular flexibility index (Phi) is 61.2. The number of hydrogen-bond acceptors (Lipinski definition) is 6. The van der Waals surface area contributed by atoms with Crippen LogP contribution in [0, 0.1) is 0 Å². The second-order valence-corrected chi connectivity index (χ2v) is 26.1. The number of likely N-dealkylation sites (N-methyl/N-ethyl adjacent to an activating group) is 1. The van der Waals surface area contributed by atoms with E-state index in [4.69, 9.17) is 13.8 Å². The molecule has 2 N–H and O–H groups in total. The Bertz CT molecular complexity index is 1820. The van der Waals surface area contributed by atoms with Crippen LogP contribution in [0.3, 0.4) is 0 Å². The number of nitrogens with zero attached hydrogens (tertiary/aromatic N) is 1. The highest BCUT2D eigenvalue weighted by Gasteiger charge is 2.30. The average Bonchev–Trinajstić information content (AvgIpc) is 3.64. The lowest BCUT2D eigenvalue weighted by atomic mass is 10.0. The standard InChI is InChI=1S/C75H133N2O7P/c1-7-10-13-16-19-22-25-27-29-31-33-35-36-37-38-39-40-42-43-45-47-49-52-55-58-61-64-67-74(78)76-72(71-83-85(80,81)82-70-69-77(4,5)6)73(66-63-60-57-54-51-24-21-18-15-12-9-3)84-75(79)68-65-62-59-56-53-50-48-46-44-41-34-32-30-28-26-23-20-17-14-11-8-2/h10,13,19-20,22-23,27-30,33,35,37-38,40,42,63,66,72-73H,7-9,11-12,14-18,21,24-26,31-32,34,36,39,41,43-62,64-65,67-71H2,1-6H3,(H-,76,78,80,81)/p+1/b13-10-,22-19-,23-20-,29-27-,30-28-,35-33-,38-37-,42-40-,66-63-. The number of carbonyl (C=O) groups is 2. The maximum atomic E-state index is 13.6. The minimum Gasteiger partial charge on any atom is -0.456 e. The number of hydrogen-bond donors (Lipinski definition) is 2. The van der Waals surface area contributed by atoms with Crippen LogP contribution in [0.5, 0.6) is 0 Å². The van der Waals surface area contributed by atoms with E-state index in [0.29, 0.717) is 17.4 Å². The second kappa shape index (κ2) is 63.7. The highest BCUT2D eigenvalue weighted by atomic mass is 31.2. The summed E-state index contributed by atoms with van der Waals surface area (Å²) in [5, 5.41) is 3.06. The Labute approximate surface area is 525 Å². The van der Waals surface area contributed by atoms with Crippen molar-refractivity contribution in [3.8, 4) is 0 Å². The molecule has 0 spiro atoms. The van der Waals surface area contributed by atoms with Gasteiger partial charge in [-0.25, -0.2) is 4.57 Å². The zero-order valence-corrected chi connectivity index (χ0v) is 57.0. The van der Waals surface area contributed by atoms with Crippen LogP contribution < -0.4 is 5.32 Å². The molecular weight excluding hydrogens is 1070 g/mol. The summed E-state index contributed by atoms with van der Waals surface area (Å²) in [6, 6.07) is -0.861. The lowest BCUT2D eigenvalue weighted by Crippen LogP contribution is -2.47. The smallest absolute Gasteiger partial charge is 0.456 e. The topological polar surface area (TPSA) is 111 Å². The van der Waals surface area contributed by atoms with Gasteiger partial charge in [0.05, 0.1) is 33.8 Å². The van der Waals surface area contributed by atoms with E-state index >= 15 is 0 Å². The molecule has 0 saturated heterocycles. The molecule has 0 aromatic heterocycles. The van der Waals surface area contributed by atoms with Crippen LogP contribution in [0.25, 0.3) is 0 Å². The fraction of sp³-hybridized carbons (Fsp3) is 0.733. The number of rotatable bonds is 63. The molecule has 0 rings (SSSR count). The number of carbonyl (C=O) groups excluding carboxylic acids is 2. The molecule has 3 unspecified atom stereocenters. The SMILES string of the molecule is CC/C=C\C/C=C\C/C=C\C/C=C\C/C=C\C/C=C\CCCCCCCCCCC(=O)NC(COP(=O)(O)OCC[N+](C)(C)C)C(/C=C\CCCCCCCCCCC)OC(=O)CCCCCCCCCCCCC/C=C\C/C=C\CCCCC. The van der Waals surface area contributed by atoms with Crippen molar-refractivity contribution in [2.45, 2.75) is 315 Å². The van der Waals surface area contributed by atoms with Gasteiger partial charge in [0.25, 0.3) is 0 Å². The van der Waals surface area contributed by atoms with E-state index in [2.05, 4.69) is 123 Å². The van der Waals surface area contributed by atoms with Crippen LogP contribution >= 0.6 is 7.82 Å². The van der Waals surface area contributed by atoms with Crippen LogP contribution in [-0.4, -0.2) is 74.3 Å². The van der Waals surface area contributed by atoms with Crippen molar-refractivity contribution in [2.24, 2.45) is 0 Å². The summed E-state index contributed by atoms with van der Waals surface area (Å²) in [7, 11) is 1.48. The summed E-state index contributed by atoms with van der Waals surface area (Å²) in [5.74, 6) is -0.517. The van der Waals surface area contributed by atoms with Crippen molar-refractivity contribution in [3.63, 3.8) is 0 Å². The van der Waals surface area contributed by atoms with Crippen LogP contribution in [0.15, 0.2) is 109 Å². The van der Waals surface area contributed by atoms with Crippen molar-refractivity contribution in [1.29, 1.82) is 0 Å². The van der Waals surface area contributed by atoms with Crippen LogP contribution in [-0.2, 0) is 27.9 Å². The van der Waals surface area contributed by atoms with E-state index in [0.717, 1.165) is 116 Å². The van der Waals surface area contributed by atoms with E-state index in [1.165, 1.54) is 154 Å². The number of ether oxygens (including phenoxy) is 1. The highest BCUT2D eigenvalue weighted by Crippen LogP contribution is 2.43. The number of nitrogens with one attached hydrogen (secondary N) is 1. The molecular formula is C75H134N2O7P+. The van der Waals surface area contributed by atoms with Gasteiger partial charge in [-0.05, 0) is 115 Å². The molecule has 0 saturated carbocycles. The van der Waals surface area contributed by atoms with Crippen LogP contribution in [0.2, 0.25) is 0 Å². The first-order valence-corrected chi connectivity index (χ1v) is 36.7. The van der Waals surface area contributed by atoms with E-state index < -0.39 is 20.0 Å². The normalized spacial score (nSPS) is 14.2. The summed E-state index contributed by atoms with van der Waals surface area (Å²) in [5.41, 5.74) is 0. The van der Waals surface area contributed by atoms with E-state index in [1.807, 2.05) is 33.3 Å². The number of phosphoric ester groups is 1. The molecule has 0 aromatic rings. The largest absolute Gasteiger partial charge is 0.472 e. The zero-order valence-electron chi connectivity index (χ0n) is 56.1. The zero-order chi connectivity index (χ0) is 62.1. The number of unbranched alkanes of at least 4 members (excludes halogenated alkanes) is 31. The molecule has 0 aliphatic heterocycles. The third-order valence-electron chi connectivity index (χ3n) is 15.2. The van der Waals surface area contributed by atoms with Crippen molar-refractivity contribution >= 4 is 19.7 Å². The Morgan fingerprint density at radius 2 is 0.753 bits per heavy atom. The predicted molar refractivity (Wildman–Crippen MR) is 369 cm³/mol. The average molecular weight is 1210 g/mol. The molecule has 0 radical (unpaired) electrons. The van der Waals surface area contributed by atoms with Crippen molar-refractivity contribution in [1.82, 2.24) is 5.32 Å². The van der Waals surface area contributed by atoms with Gasteiger partial charge >= 0.3 is 13.8 Å². The first kappa shape index (κ1) is 81.7. The monoisotopic (exact) mass is 1210 g/mol. The van der Waals surface area contributed by atoms with Crippen LogP contribution in [0.4, 0.5) is 0 Å². The molecule has 0 bridgehead atoms. The lowest BCUT2D eigenvalue weighted by molar-refractivity contribution is -0.870. The van der Waals surface area contributed by atoms with Gasteiger partial charge < -0.3 is 19.4 Å². The second-order valence-electron chi connectivity index (χ2n) is 24.7. The number of esters is 1. The van der Waals surface area contributed by atoms with E-state index in [9.17, 15) is 19.0 Å². The van der Waals surface area contributed by atoms with E-state index in [1.54, 1.807) is 0 Å². The third-order valence-corrected chi connectivity index (χ3v) is 16.2. The fourth-order valence-electron chi connectivity index (χ4n) is 9.80. The van der Waals surface area contributed by atoms with Gasteiger partial charge in [0.15, 0.2) is 0 Å². The Morgan fingerprint density at radius 1 is 0.424 bits per heavy atom. The van der Waals surface area contributed by atoms with Gasteiger partial charge in [-0.15, -0.1) is 0 Å². The molecule has 1 amide bonds. The van der Waals surface area contributed by atoms with Crippen molar-refractivity contribution in [3.05, 3.63) is 109 Å². The molecule has 0 heterocycles. The molecule has 0 aliphatic carbocycles. The summed E-state index contributed by atoms with van der Waals surface area (Å²) in [4.78, 5) is 37.9. The van der Waals surface area contributed by atoms with Gasteiger partial charge in [-0.1, -0.05) is 285 Å². The third kappa shape index (κ3) is 65.0. The molecule has 10 heteroatoms. The summed E-state index contributed by atoms with van der Waals surface area (Å²) in [6.45, 7) is 6.87. The van der Waals surface area contributed by atoms with E-state index in [-0.39, 0.29) is 31.5 Å². The maximum Gasteiger partial charge on any atom is 0.472 e. The highest BCUT2D eigenvalue weighted by molar-refractivity contribution is 7.47.